The van der Waals surface area contributed by atoms with Crippen molar-refractivity contribution < 1.29 is 10.0 Å². The number of rotatable bonds is 3. The lowest BCUT2D eigenvalue weighted by Crippen LogP contribution is -2.59. The van der Waals surface area contributed by atoms with Gasteiger partial charge in [0.15, 0.2) is 5.84 Å². The Hall–Kier alpha value is -2.04. The number of benzene rings is 1. The minimum atomic E-state index is -0.735. The first-order chi connectivity index (χ1) is 9.98. The number of nitrogens with one attached hydrogen (secondary N) is 1. The van der Waals surface area contributed by atoms with Crippen LogP contribution >= 0.6 is 0 Å². The van der Waals surface area contributed by atoms with Crippen molar-refractivity contribution in [2.75, 3.05) is 0 Å². The molecule has 21 heavy (non-hydrogen) atoms. The van der Waals surface area contributed by atoms with Crippen LogP contribution in [0.25, 0.3) is 0 Å². The average molecular weight is 289 g/mol. The monoisotopic (exact) mass is 289 g/mol. The Morgan fingerprint density at radius 2 is 2.00 bits per heavy atom. The number of amides is 1. The molecule has 0 aliphatic heterocycles. The maximum atomic E-state index is 12.5. The molecule has 0 bridgehead atoms. The number of nitrogens with two attached hydrogens (primary N) is 1. The smallest absolute Gasteiger partial charge is 0.252 e. The van der Waals surface area contributed by atoms with E-state index in [0.717, 1.165) is 18.4 Å². The molecule has 0 radical (unpaired) electrons. The van der Waals surface area contributed by atoms with Gasteiger partial charge in [-0.05, 0) is 50.2 Å². The first-order valence-electron chi connectivity index (χ1n) is 7.34. The molecule has 4 N–H and O–H groups in total. The van der Waals surface area contributed by atoms with E-state index in [1.165, 1.54) is 0 Å². The fraction of sp³-hybridized carbons (Fsp3) is 0.500. The van der Waals surface area contributed by atoms with Crippen molar-refractivity contribution in [3.8, 4) is 0 Å². The second-order valence-corrected chi connectivity index (χ2v) is 6.02. The van der Waals surface area contributed by atoms with Gasteiger partial charge in [-0.25, -0.2) is 0 Å². The number of carbonyl (C=O) groups excluding carboxylic acids is 1. The highest BCUT2D eigenvalue weighted by atomic mass is 16.4. The zero-order valence-corrected chi connectivity index (χ0v) is 12.6. The molecule has 2 rings (SSSR count). The van der Waals surface area contributed by atoms with Gasteiger partial charge in [-0.15, -0.1) is 0 Å². The van der Waals surface area contributed by atoms with Crippen LogP contribution in [0.3, 0.4) is 0 Å². The molecule has 0 atom stereocenters. The number of amidine groups is 1. The van der Waals surface area contributed by atoms with Crippen LogP contribution < -0.4 is 11.1 Å². The summed E-state index contributed by atoms with van der Waals surface area (Å²) in [6.45, 7) is 4.08. The van der Waals surface area contributed by atoms with Gasteiger partial charge in [0.05, 0.1) is 0 Å². The third kappa shape index (κ3) is 3.17. The minimum absolute atomic E-state index is 0.0938. The van der Waals surface area contributed by atoms with E-state index in [0.29, 0.717) is 24.3 Å². The third-order valence-electron chi connectivity index (χ3n) is 4.47. The SMILES string of the molecule is Cc1ccccc1C(=O)NC1(/C(N)=N/O)CCC(C)CC1. The molecule has 1 fully saturated rings. The van der Waals surface area contributed by atoms with Crippen LogP contribution in [0.15, 0.2) is 29.4 Å². The lowest BCUT2D eigenvalue weighted by atomic mass is 9.76. The first kappa shape index (κ1) is 15.4. The van der Waals surface area contributed by atoms with Crippen LogP contribution in [-0.2, 0) is 0 Å². The van der Waals surface area contributed by atoms with Gasteiger partial charge in [0.25, 0.3) is 5.91 Å². The number of nitrogens with zero attached hydrogens (tertiary/aromatic N) is 1. The predicted octanol–water partition coefficient (Wildman–Crippen LogP) is 2.42. The Balaban J connectivity index is 2.24. The molecule has 114 valence electrons. The third-order valence-corrected chi connectivity index (χ3v) is 4.47. The van der Waals surface area contributed by atoms with Gasteiger partial charge < -0.3 is 16.3 Å². The summed E-state index contributed by atoms with van der Waals surface area (Å²) in [7, 11) is 0. The Morgan fingerprint density at radius 1 is 1.38 bits per heavy atom. The Bertz CT molecular complexity index is 546. The largest absolute Gasteiger partial charge is 0.409 e. The molecule has 0 aromatic heterocycles. The van der Waals surface area contributed by atoms with E-state index >= 15 is 0 Å². The number of hydrogen-bond acceptors (Lipinski definition) is 3. The average Bonchev–Trinajstić information content (AvgIpc) is 2.49. The second-order valence-electron chi connectivity index (χ2n) is 6.02. The summed E-state index contributed by atoms with van der Waals surface area (Å²) in [6.07, 6.45) is 3.29. The van der Waals surface area contributed by atoms with E-state index in [2.05, 4.69) is 17.4 Å². The zero-order valence-electron chi connectivity index (χ0n) is 12.6. The molecular weight excluding hydrogens is 266 g/mol. The number of carbonyl (C=O) groups is 1. The number of hydrogen-bond donors (Lipinski definition) is 3. The van der Waals surface area contributed by atoms with Gasteiger partial charge in [-0.3, -0.25) is 4.79 Å². The molecule has 1 aromatic rings. The summed E-state index contributed by atoms with van der Waals surface area (Å²) in [5.41, 5.74) is 6.68. The van der Waals surface area contributed by atoms with E-state index in [9.17, 15) is 4.79 Å². The summed E-state index contributed by atoms with van der Waals surface area (Å²) < 4.78 is 0. The van der Waals surface area contributed by atoms with Crippen molar-refractivity contribution in [1.82, 2.24) is 5.32 Å². The highest BCUT2D eigenvalue weighted by Gasteiger charge is 2.40. The van der Waals surface area contributed by atoms with Crippen LogP contribution in [0.5, 0.6) is 0 Å². The molecular formula is C16H23N3O2. The summed E-state index contributed by atoms with van der Waals surface area (Å²) in [6, 6.07) is 7.42. The number of oxime groups is 1. The van der Waals surface area contributed by atoms with Crippen LogP contribution in [0.4, 0.5) is 0 Å². The molecule has 5 nitrogen and oxygen atoms in total. The molecule has 1 amide bonds. The minimum Gasteiger partial charge on any atom is -0.409 e. The van der Waals surface area contributed by atoms with Gasteiger partial charge >= 0.3 is 0 Å². The molecule has 1 aliphatic rings. The lowest BCUT2D eigenvalue weighted by molar-refractivity contribution is 0.0897. The molecule has 0 saturated heterocycles. The van der Waals surface area contributed by atoms with Gasteiger partial charge in [0.2, 0.25) is 0 Å². The van der Waals surface area contributed by atoms with E-state index in [1.807, 2.05) is 25.1 Å². The van der Waals surface area contributed by atoms with E-state index < -0.39 is 5.54 Å². The highest BCUT2D eigenvalue weighted by Crippen LogP contribution is 2.32. The van der Waals surface area contributed by atoms with E-state index in [4.69, 9.17) is 10.9 Å². The summed E-state index contributed by atoms with van der Waals surface area (Å²) >= 11 is 0. The van der Waals surface area contributed by atoms with Crippen molar-refractivity contribution >= 4 is 11.7 Å². The molecule has 1 saturated carbocycles. The summed E-state index contributed by atoms with van der Waals surface area (Å²) in [4.78, 5) is 12.5. The Morgan fingerprint density at radius 3 is 2.57 bits per heavy atom. The molecule has 0 heterocycles. The van der Waals surface area contributed by atoms with Gasteiger partial charge in [0, 0.05) is 5.56 Å². The normalized spacial score (nSPS) is 26.4. The van der Waals surface area contributed by atoms with Gasteiger partial charge in [0.1, 0.15) is 5.54 Å². The predicted molar refractivity (Wildman–Crippen MR) is 82.4 cm³/mol. The topological polar surface area (TPSA) is 87.7 Å². The second kappa shape index (κ2) is 6.16. The van der Waals surface area contributed by atoms with Crippen LogP contribution in [0.1, 0.15) is 48.5 Å². The van der Waals surface area contributed by atoms with Crippen LogP contribution in [0, 0.1) is 12.8 Å². The number of aryl methyl sites for hydroxylation is 1. The van der Waals surface area contributed by atoms with Crippen molar-refractivity contribution in [2.24, 2.45) is 16.8 Å². The fourth-order valence-electron chi connectivity index (χ4n) is 2.91. The van der Waals surface area contributed by atoms with Gasteiger partial charge in [-0.1, -0.05) is 30.3 Å². The quantitative estimate of drug-likeness (QED) is 0.345. The highest BCUT2D eigenvalue weighted by molar-refractivity contribution is 6.01. The van der Waals surface area contributed by atoms with Gasteiger partial charge in [-0.2, -0.15) is 0 Å². The fourth-order valence-corrected chi connectivity index (χ4v) is 2.91. The molecule has 1 aliphatic carbocycles. The van der Waals surface area contributed by atoms with E-state index in [-0.39, 0.29) is 11.7 Å². The first-order valence-corrected chi connectivity index (χ1v) is 7.34. The van der Waals surface area contributed by atoms with Crippen molar-refractivity contribution in [3.05, 3.63) is 35.4 Å². The lowest BCUT2D eigenvalue weighted by Gasteiger charge is -2.39. The molecule has 0 spiro atoms. The zero-order chi connectivity index (χ0) is 15.5. The standard InChI is InChI=1S/C16H23N3O2/c1-11-7-9-16(10-8-11,15(17)19-21)18-14(20)13-6-4-3-5-12(13)2/h3-6,11,21H,7-10H2,1-2H3,(H2,17,19)(H,18,20). The van der Waals surface area contributed by atoms with E-state index in [1.54, 1.807) is 6.07 Å². The van der Waals surface area contributed by atoms with Crippen LogP contribution in [-0.4, -0.2) is 22.5 Å². The summed E-state index contributed by atoms with van der Waals surface area (Å²) in [5.74, 6) is 0.519. The van der Waals surface area contributed by atoms with Crippen molar-refractivity contribution in [2.45, 2.75) is 45.1 Å². The molecule has 0 unspecified atom stereocenters. The Labute approximate surface area is 125 Å². The van der Waals surface area contributed by atoms with Crippen LogP contribution in [0.2, 0.25) is 0 Å². The van der Waals surface area contributed by atoms with Crippen molar-refractivity contribution in [3.63, 3.8) is 0 Å². The summed E-state index contributed by atoms with van der Waals surface area (Å²) in [5, 5.41) is 15.2. The maximum absolute atomic E-state index is 12.5. The van der Waals surface area contributed by atoms with Crippen molar-refractivity contribution in [1.29, 1.82) is 0 Å². The maximum Gasteiger partial charge on any atom is 0.252 e. The molecule has 1 aromatic carbocycles. The molecule has 5 heteroatoms. The Kier molecular flexibility index (Phi) is 4.50.